The molecule has 0 spiro atoms. The van der Waals surface area contributed by atoms with Crippen molar-refractivity contribution in [3.05, 3.63) is 20.9 Å². The first-order chi connectivity index (χ1) is 37.7. The summed E-state index contributed by atoms with van der Waals surface area (Å²) in [6.07, 6.45) is 9.71. The zero-order valence-electron chi connectivity index (χ0n) is 47.9. The lowest BCUT2D eigenvalue weighted by Crippen LogP contribution is -2.42. The van der Waals surface area contributed by atoms with Crippen LogP contribution in [-0.4, -0.2) is 153 Å². The van der Waals surface area contributed by atoms with Crippen molar-refractivity contribution in [1.82, 2.24) is 16.0 Å². The molecule has 0 aromatic rings. The van der Waals surface area contributed by atoms with Crippen LogP contribution in [0.1, 0.15) is 158 Å². The largest absolute Gasteiger partial charge is 0.481 e. The first kappa shape index (κ1) is 75.7. The lowest BCUT2D eigenvalue weighted by atomic mass is 9.98. The molecule has 3 amide bonds. The number of hydrogen-bond donors (Lipinski definition) is 7. The van der Waals surface area contributed by atoms with Gasteiger partial charge in [0, 0.05) is 94.3 Å². The van der Waals surface area contributed by atoms with Crippen molar-refractivity contribution in [2.45, 2.75) is 191 Å². The van der Waals surface area contributed by atoms with Crippen molar-refractivity contribution in [2.24, 2.45) is 27.4 Å². The van der Waals surface area contributed by atoms with E-state index >= 15 is 0 Å². The van der Waals surface area contributed by atoms with Gasteiger partial charge in [-0.3, -0.25) is 42.7 Å². The number of ether oxygens (including phenoxy) is 2. The number of nitrogens with two attached hydrogens (primary N) is 3. The third-order valence-electron chi connectivity index (χ3n) is 10.5. The van der Waals surface area contributed by atoms with Gasteiger partial charge in [0.2, 0.25) is 28.0 Å². The molecule has 23 nitrogen and oxygen atoms in total. The monoisotopic (exact) mass is 1230 g/mol. The van der Waals surface area contributed by atoms with Gasteiger partial charge >= 0.3 is 17.9 Å². The molecular weight excluding hydrogens is 1140 g/mol. The number of carboxylic acids is 1. The van der Waals surface area contributed by atoms with E-state index in [0.717, 1.165) is 85.2 Å². The second-order valence-electron chi connectivity index (χ2n) is 20.4. The number of carboxylic acid groups (broad SMARTS) is 1. The molecule has 0 saturated carbocycles. The summed E-state index contributed by atoms with van der Waals surface area (Å²) < 4.78 is 26.0. The number of rotatable bonds is 35. The molecule has 2 unspecified atom stereocenters. The van der Waals surface area contributed by atoms with Crippen LogP contribution >= 0.6 is 66.7 Å². The second kappa shape index (κ2) is 46.2. The molecule has 2 fully saturated rings. The predicted octanol–water partition coefficient (Wildman–Crippen LogP) is 8.70. The van der Waals surface area contributed by atoms with E-state index in [0.29, 0.717) is 58.2 Å². The first-order valence-electron chi connectivity index (χ1n) is 26.9. The molecule has 2 atom stereocenters. The molecule has 2 saturated heterocycles. The maximum Gasteiger partial charge on any atom is 0.308 e. The third-order valence-corrected chi connectivity index (χ3v) is 18.0. The summed E-state index contributed by atoms with van der Waals surface area (Å²) in [5.41, 5.74) is 32.9. The number of aliphatic carboxylic acids is 1. The van der Waals surface area contributed by atoms with Crippen LogP contribution < -0.4 is 33.2 Å². The number of alkyl halides is 1. The molecule has 0 aromatic heterocycles. The number of carbonyl (C=O) groups is 8. The fourth-order valence-corrected chi connectivity index (χ4v) is 14.6. The summed E-state index contributed by atoms with van der Waals surface area (Å²) in [6, 6.07) is -2.12. The van der Waals surface area contributed by atoms with Gasteiger partial charge in [-0.05, 0) is 117 Å². The van der Waals surface area contributed by atoms with Crippen LogP contribution in [0, 0.1) is 0 Å². The maximum absolute atomic E-state index is 12.8. The maximum atomic E-state index is 12.8. The Kier molecular flexibility index (Phi) is 44.3. The van der Waals surface area contributed by atoms with Gasteiger partial charge in [0.25, 0.3) is 0 Å². The normalized spacial score (nSPS) is 14.9. The van der Waals surface area contributed by atoms with Gasteiger partial charge in [0.15, 0.2) is 0 Å². The number of halogens is 1. The van der Waals surface area contributed by atoms with E-state index in [1.54, 1.807) is 41.5 Å². The Morgan fingerprint density at radius 1 is 0.646 bits per heavy atom. The predicted molar refractivity (Wildman–Crippen MR) is 322 cm³/mol. The average Bonchev–Trinajstić information content (AvgIpc) is 4.00. The summed E-state index contributed by atoms with van der Waals surface area (Å²) in [6.45, 7) is 12.4. The van der Waals surface area contributed by atoms with Gasteiger partial charge in [-0.2, -0.15) is 0 Å². The molecule has 0 radical (unpaired) electrons. The minimum atomic E-state index is -1.08. The molecule has 0 aromatic carbocycles. The molecule has 0 bridgehead atoms. The van der Waals surface area contributed by atoms with Crippen molar-refractivity contribution in [1.29, 1.82) is 0 Å². The van der Waals surface area contributed by atoms with E-state index in [-0.39, 0.29) is 83.9 Å². The second-order valence-corrected chi connectivity index (χ2v) is 27.5. The highest BCUT2D eigenvalue weighted by Crippen LogP contribution is 2.39. The Hall–Kier alpha value is -3.31. The summed E-state index contributed by atoms with van der Waals surface area (Å²) >= 11 is 1.69. The Balaban J connectivity index is 0. The average molecular weight is 1230 g/mol. The summed E-state index contributed by atoms with van der Waals surface area (Å²) in [5, 5.41) is 22.7. The number of azide groups is 2. The van der Waals surface area contributed by atoms with Crippen molar-refractivity contribution >= 4 is 113 Å². The van der Waals surface area contributed by atoms with E-state index in [1.807, 2.05) is 43.2 Å². The number of nitrogens with zero attached hydrogens (tertiary/aromatic N) is 6. The molecule has 10 N–H and O–H groups in total. The number of unbranched alkanes of at least 4 members (excludes halogenated alkanes) is 6. The van der Waals surface area contributed by atoms with Gasteiger partial charge in [-0.15, -0.1) is 0 Å². The summed E-state index contributed by atoms with van der Waals surface area (Å²) in [5.74, 6) is 1.32. The number of esters is 2. The highest BCUT2D eigenvalue weighted by molar-refractivity contribution is 8.77. The molecule has 2 heterocycles. The summed E-state index contributed by atoms with van der Waals surface area (Å²) in [7, 11) is 6.42. The highest BCUT2D eigenvalue weighted by Gasteiger charge is 2.32. The number of hydrogen-bond acceptors (Lipinski definition) is 21. The smallest absolute Gasteiger partial charge is 0.308 e. The first-order valence-corrected chi connectivity index (χ1v) is 33.1. The van der Waals surface area contributed by atoms with Gasteiger partial charge < -0.3 is 47.7 Å². The van der Waals surface area contributed by atoms with Gasteiger partial charge in [0.1, 0.15) is 23.3 Å². The third kappa shape index (κ3) is 46.9. The lowest BCUT2D eigenvalue weighted by Gasteiger charge is -2.22. The SMILES string of the molecule is CC(C)(C)OC(=O)CC(NC(=O)CCCCCN=[N+]=[N-])C(=O)SCCC(=O)NCCCCC1(N)CSSC1.CC(C)(C)OC(=O)CC(NC(=O)CCCCCN=[N+]=[N-])C(=O)SCCC(=O)O.NCCCCC1(N)CSSC1.[2H]CF. The summed E-state index contributed by atoms with van der Waals surface area (Å²) in [4.78, 5) is 102. The molecular formula is C49H89FN12O11S6. The molecule has 0 aliphatic carbocycles. The van der Waals surface area contributed by atoms with Crippen LogP contribution in [0.5, 0.6) is 0 Å². The van der Waals surface area contributed by atoms with E-state index in [9.17, 15) is 42.7 Å². The standard InChI is InChI=1S/C24H42N6O5S3.C17H28N4O6S.C7H16N2S2.CH3F/c1-23(2,3)35-21(33)15-18(29-20(32)9-5-4-7-13-28-30-26)22(34)36-14-10-19(31)27-12-8-6-11-24(25)16-37-38-17-24;1-17(2,3)27-15(25)11-12(16(26)28-10-8-14(23)24)20-13(22)7-5-4-6-9-19-21-18;8-4-2-1-3-7(9)5-10-11-6-7;1-2/h18H,4-17,25H2,1-3H3,(H,27,31)(H,29,32);12H,4-11H2,1-3H3,(H,20,22)(H,23,24);1-6,8-9H2;1H3/i;;;1D. The Morgan fingerprint density at radius 3 is 1.41 bits per heavy atom. The van der Waals surface area contributed by atoms with Crippen LogP contribution in [0.3, 0.4) is 0 Å². The Bertz CT molecular complexity index is 1940. The van der Waals surface area contributed by atoms with Crippen LogP contribution in [0.2, 0.25) is 0 Å². The Morgan fingerprint density at radius 2 is 1.04 bits per heavy atom. The van der Waals surface area contributed by atoms with E-state index in [1.165, 1.54) is 6.42 Å². The number of carbonyl (C=O) groups excluding carboxylic acids is 7. The number of thioether (sulfide) groups is 2. The van der Waals surface area contributed by atoms with Crippen molar-refractivity contribution < 1.29 is 58.7 Å². The quantitative estimate of drug-likeness (QED) is 0.00778. The van der Waals surface area contributed by atoms with Crippen LogP contribution in [-0.2, 0) is 47.8 Å². The zero-order valence-corrected chi connectivity index (χ0v) is 51.8. The topological polar surface area (TPSA) is 387 Å². The van der Waals surface area contributed by atoms with E-state index in [2.05, 4.69) is 36.0 Å². The van der Waals surface area contributed by atoms with Crippen molar-refractivity contribution in [3.63, 3.8) is 0 Å². The van der Waals surface area contributed by atoms with Crippen LogP contribution in [0.15, 0.2) is 10.2 Å². The van der Waals surface area contributed by atoms with E-state index in [4.69, 9.17) is 44.2 Å². The number of amides is 3. The molecule has 79 heavy (non-hydrogen) atoms. The van der Waals surface area contributed by atoms with Crippen LogP contribution in [0.4, 0.5) is 4.39 Å². The molecule has 2 aliphatic rings. The minimum Gasteiger partial charge on any atom is -0.481 e. The van der Waals surface area contributed by atoms with Crippen molar-refractivity contribution in [2.75, 3.05) is 67.8 Å². The van der Waals surface area contributed by atoms with Crippen molar-refractivity contribution in [3.8, 4) is 0 Å². The van der Waals surface area contributed by atoms with Crippen LogP contribution in [0.25, 0.3) is 20.9 Å². The molecule has 2 aliphatic heterocycles. The fourth-order valence-electron chi connectivity index (χ4n) is 6.63. The highest BCUT2D eigenvalue weighted by atomic mass is 33.1. The van der Waals surface area contributed by atoms with Gasteiger partial charge in [-0.1, -0.05) is 96.2 Å². The molecule has 2 rings (SSSR count). The minimum absolute atomic E-state index is 0.0499. The fraction of sp³-hybridized carbons (Fsp3) is 0.837. The molecule has 454 valence electrons. The van der Waals surface area contributed by atoms with Gasteiger partial charge in [-0.25, -0.2) is 0 Å². The molecule has 30 heteroatoms. The number of nitrogens with one attached hydrogen (secondary N) is 3. The lowest BCUT2D eigenvalue weighted by molar-refractivity contribution is -0.157. The zero-order chi connectivity index (χ0) is 60.9. The Labute approximate surface area is 492 Å². The van der Waals surface area contributed by atoms with E-state index < -0.39 is 53.5 Å². The van der Waals surface area contributed by atoms with Gasteiger partial charge in [0.05, 0.1) is 27.8 Å².